The molecule has 0 fully saturated rings. The van der Waals surface area contributed by atoms with Gasteiger partial charge in [0.2, 0.25) is 38.0 Å². The average Bonchev–Trinajstić information content (AvgIpc) is 0.760. The Labute approximate surface area is 797 Å². The van der Waals surface area contributed by atoms with Crippen LogP contribution < -0.4 is 30.7 Å². The van der Waals surface area contributed by atoms with Gasteiger partial charge in [-0.15, -0.1) is 0 Å². The van der Waals surface area contributed by atoms with Crippen molar-refractivity contribution in [2.24, 2.45) is 0 Å². The number of aliphatic carboxylic acids is 1. The van der Waals surface area contributed by atoms with E-state index < -0.39 is 41.5 Å². The minimum absolute atomic E-state index is 0. The number of hydrogen-bond donors (Lipinski definition) is 6. The van der Waals surface area contributed by atoms with Gasteiger partial charge in [-0.25, -0.2) is 24.7 Å². The van der Waals surface area contributed by atoms with Crippen molar-refractivity contribution in [3.63, 3.8) is 0 Å². The number of carboxylic acids is 1. The van der Waals surface area contributed by atoms with E-state index in [2.05, 4.69) is 104 Å². The van der Waals surface area contributed by atoms with E-state index in [1.165, 1.54) is 39.1 Å². The Bertz CT molecular complexity index is 4720. The number of aliphatic hydroxyl groups is 1. The van der Waals surface area contributed by atoms with E-state index in [4.69, 9.17) is 94.0 Å². The quantitative estimate of drug-likeness (QED) is 0.00353. The predicted molar refractivity (Wildman–Crippen MR) is 523 cm³/mol. The molecule has 0 bridgehead atoms. The number of nitrogens with two attached hydrogens (primary N) is 1. The molecule has 0 spiro atoms. The molecular formula is C82H113BrCl5FeI2N16O18P. The molecule has 7 N–H and O–H groups in total. The number of carbonyl (C=O) groups is 6. The van der Waals surface area contributed by atoms with Crippen molar-refractivity contribution in [3.8, 4) is 0 Å². The normalized spacial score (nSPS) is 13.2. The smallest absolute Gasteiger partial charge is 0.324 e. The van der Waals surface area contributed by atoms with Gasteiger partial charge in [0.25, 0.3) is 5.97 Å². The van der Waals surface area contributed by atoms with Crippen LogP contribution >= 0.6 is 115 Å². The van der Waals surface area contributed by atoms with Crippen LogP contribution in [0.25, 0.3) is 0 Å². The summed E-state index contributed by atoms with van der Waals surface area (Å²) >= 11 is 33.7. The zero-order valence-corrected chi connectivity index (χ0v) is 80.4. The number of nitrogens with one attached hydrogen (secondary N) is 1. The van der Waals surface area contributed by atoms with Crippen LogP contribution in [0.1, 0.15) is 109 Å². The van der Waals surface area contributed by atoms with E-state index in [-0.39, 0.29) is 152 Å². The van der Waals surface area contributed by atoms with E-state index in [1.54, 1.807) is 61.6 Å². The molecule has 44 heteroatoms. The summed E-state index contributed by atoms with van der Waals surface area (Å²) in [5.74, 6) is -0.190. The number of para-hydroxylation sites is 5. The first kappa shape index (κ1) is 124. The maximum Gasteiger partial charge on any atom is 0.324 e. The maximum atomic E-state index is 12.6. The fraction of sp³-hybridized carbons (Fsp3) is 0.366. The number of aromatic nitrogens is 8. The Morgan fingerprint density at radius 3 is 1.40 bits per heavy atom. The number of nitrogens with zero attached hydrogens (tertiary/aromatic N) is 14. The number of benzene rings is 5. The van der Waals surface area contributed by atoms with E-state index in [0.717, 1.165) is 66.3 Å². The summed E-state index contributed by atoms with van der Waals surface area (Å²) in [4.78, 5) is 130. The van der Waals surface area contributed by atoms with Crippen LogP contribution in [0, 0.1) is 20.2 Å². The summed E-state index contributed by atoms with van der Waals surface area (Å²) in [6.07, 6.45) is 8.78. The molecule has 2 aliphatic heterocycles. The predicted octanol–water partition coefficient (Wildman–Crippen LogP) is 21.0. The number of nitrogen functional groups attached to an aromatic ring is 1. The summed E-state index contributed by atoms with van der Waals surface area (Å²) in [6.45, 7) is 14.8. The van der Waals surface area contributed by atoms with Crippen molar-refractivity contribution in [2.75, 3.05) is 88.4 Å². The fourth-order valence-electron chi connectivity index (χ4n) is 9.97. The summed E-state index contributed by atoms with van der Waals surface area (Å²) in [5.41, 5.74) is 10.3. The average molecular weight is 2210 g/mol. The second-order valence-electron chi connectivity index (χ2n) is 25.7. The number of nitro groups is 2. The number of aliphatic hydroxyl groups excluding tert-OH is 1. The molecule has 2 aliphatic rings. The molecule has 5 unspecified atom stereocenters. The third-order valence-electron chi connectivity index (χ3n) is 15.7. The zero-order chi connectivity index (χ0) is 91.3. The number of likely N-dealkylation sites (N-methyl/N-ethyl adjacent to an activating group) is 1. The second kappa shape index (κ2) is 64.3. The Balaban J connectivity index is -0.000000683. The van der Waals surface area contributed by atoms with Gasteiger partial charge in [0.05, 0.1) is 42.3 Å². The first-order chi connectivity index (χ1) is 57.2. The standard InChI is InChI=1S/C15H15ClN4O4.C15H15ClN4O.C15H14ClN3O.C11H15NO2.C6H7N.C5H9BrO2.C4HCl2N3O2.C3H11O4P.C2H6I2.C2H4O2.4CH4.Fe/c1-3-11(14(21)24-2)19(10-7-5-4-6-8-10)13-12(20(22)23)9-17-15(16)18-13;1-3-11-14(21)19(2)12-9-17-15(16)18-13(12)20(11)10-7-5-4-6-8-10;1-2-12-13(20)8-10-9-17-15(16)18-14(10)19(12)11-6-4-3-5-7-11;1-2-10(11(14)8-13)12-9-6-4-3-5-7-9;7-6-4-2-1-3-5-6;1-3-4(6)5(7)8-2;5-3-2(9(10)11)1-7-4(6)8-3;1-8(2,3,6-4)7-5;1-4(2)3;1-2(3)4;;;;;/h4-9,11H,3H2,1-2H3;4-9,11H,3H2,1-2H3;3-7,9,12H,2,8H2,1H3;3-7,10,12-13H,2,8H2,1H3;1-5H,7H2;4H,3H2,1-2H3;1H;4-5H,1-3H3;1-2H3;1H3,(H,3,4);4*1H4;. The Hall–Kier alpha value is -8.42. The third-order valence-corrected chi connectivity index (χ3v) is 18.8. The van der Waals surface area contributed by atoms with Crippen LogP contribution in [-0.4, -0.2) is 193 Å². The molecule has 9 aromatic rings. The van der Waals surface area contributed by atoms with Crippen molar-refractivity contribution >= 4 is 214 Å². The molecule has 4 aromatic heterocycles. The number of carboxylic acid groups (broad SMARTS) is 1. The second-order valence-corrected chi connectivity index (χ2v) is 48.6. The molecule has 0 saturated carbocycles. The molecule has 5 atom stereocenters. The van der Waals surface area contributed by atoms with Gasteiger partial charge in [-0.3, -0.25) is 44.2 Å². The Morgan fingerprint density at radius 1 is 0.635 bits per heavy atom. The molecule has 34 nitrogen and oxygen atoms in total. The van der Waals surface area contributed by atoms with E-state index in [9.17, 15) is 44.2 Å². The molecular weight excluding hydrogens is 2090 g/mol. The van der Waals surface area contributed by atoms with Crippen LogP contribution in [0.4, 0.5) is 63.0 Å². The minimum atomic E-state index is -2.99. The third kappa shape index (κ3) is 43.1. The van der Waals surface area contributed by atoms with Crippen LogP contribution in [0.15, 0.2) is 176 Å². The summed E-state index contributed by atoms with van der Waals surface area (Å²) in [5, 5.41) is 56.8. The number of rotatable bonds is 20. The summed E-state index contributed by atoms with van der Waals surface area (Å²) in [7, 11) is 1.39. The number of hydrogen-bond acceptors (Lipinski definition) is 30. The number of anilines is 9. The van der Waals surface area contributed by atoms with E-state index in [1.807, 2.05) is 159 Å². The number of ether oxygens (including phenoxy) is 2. The largest absolute Gasteiger partial charge is 0.399 e. The fourth-order valence-corrected chi connectivity index (χ4v) is 11.0. The molecule has 0 radical (unpaired) electrons. The molecule has 11 rings (SSSR count). The molecule has 698 valence electrons. The first-order valence-electron chi connectivity index (χ1n) is 36.1. The van der Waals surface area contributed by atoms with Crippen LogP contribution in [0.3, 0.4) is 0 Å². The molecule has 5 aromatic carbocycles. The van der Waals surface area contributed by atoms with E-state index >= 15 is 0 Å². The molecule has 126 heavy (non-hydrogen) atoms. The number of ketones is 2. The topological polar surface area (TPSA) is 461 Å². The van der Waals surface area contributed by atoms with Crippen molar-refractivity contribution in [3.05, 3.63) is 229 Å². The van der Waals surface area contributed by atoms with Crippen molar-refractivity contribution in [2.45, 2.75) is 139 Å². The van der Waals surface area contributed by atoms with Crippen LogP contribution in [0.5, 0.6) is 0 Å². The Morgan fingerprint density at radius 2 is 1.03 bits per heavy atom. The summed E-state index contributed by atoms with van der Waals surface area (Å²) < 4.78 is 17.1. The van der Waals surface area contributed by atoms with Crippen molar-refractivity contribution in [1.29, 1.82) is 0 Å². The summed E-state index contributed by atoms with van der Waals surface area (Å²) in [6, 6.07) is 45.7. The minimum Gasteiger partial charge on any atom is -0.399 e. The van der Waals surface area contributed by atoms with Crippen molar-refractivity contribution in [1.82, 2.24) is 39.9 Å². The zero-order valence-electron chi connectivity index (χ0n) is 68.7. The van der Waals surface area contributed by atoms with Crippen LogP contribution in [0.2, 0.25) is 26.3 Å². The van der Waals surface area contributed by atoms with Crippen LogP contribution in [-0.2, 0) is 71.1 Å². The van der Waals surface area contributed by atoms with Crippen molar-refractivity contribution < 1.29 is 95.2 Å². The van der Waals surface area contributed by atoms with Gasteiger partial charge in [0.1, 0.15) is 47.4 Å². The first-order valence-corrected chi connectivity index (χ1v) is 53.0. The van der Waals surface area contributed by atoms with Gasteiger partial charge in [-0.05, 0) is 139 Å². The number of fused-ring (bicyclic) bond motifs is 2. The number of esters is 2. The number of amides is 1. The maximum absolute atomic E-state index is 12.6. The Kier molecular flexibility index (Phi) is 63.3. The van der Waals surface area contributed by atoms with Gasteiger partial charge in [-0.2, -0.15) is 19.9 Å². The van der Waals surface area contributed by atoms with E-state index in [0.29, 0.717) is 42.9 Å². The number of Topliss-reactive ketones (excluding diaryl/α,β-unsaturated/α-hetero) is 2. The van der Waals surface area contributed by atoms with Gasteiger partial charge >= 0.3 is 115 Å². The monoisotopic (exact) mass is 2200 g/mol. The number of halogens is 8. The number of carbonyl (C=O) groups excluding carboxylic acids is 5. The van der Waals surface area contributed by atoms with Gasteiger partial charge in [0, 0.05) is 77.7 Å². The molecule has 0 saturated heterocycles. The molecule has 0 aliphatic carbocycles. The molecule has 1 amide bonds. The molecule has 6 heterocycles. The van der Waals surface area contributed by atoms with Gasteiger partial charge < -0.3 is 50.3 Å². The number of alkyl halides is 3. The SMILES string of the molecule is C.C.C.C.CC(=O)O.CCC(Br)C(=O)OC.CCC(C(=O)OC)N(c1ccccc1)c1nc(Cl)ncc1[N+](=O)[O-].CCC(Nc1ccccc1)C(=O)CO.CCC1C(=O)Cc2cnc(Cl)nc2N1c1ccccc1.CCC1C(=O)N(C)c2cnc(Cl)nc2N1c1ccccc1.CI(C)I.CP(C)(C)(OO)OO.Nc1ccccc1.O=[N+]([O-])c1cnc(Cl)nc1Cl.[Fe]. The number of methoxy groups -OCH3 is 2. The van der Waals surface area contributed by atoms with Gasteiger partial charge in [-0.1, -0.05) is 183 Å². The van der Waals surface area contributed by atoms with Gasteiger partial charge in [0.15, 0.2) is 17.4 Å².